The number of benzene rings is 1. The number of fused-ring (bicyclic) bond motifs is 2. The van der Waals surface area contributed by atoms with Gasteiger partial charge in [0.05, 0.1) is 6.10 Å². The van der Waals surface area contributed by atoms with Crippen LogP contribution in [-0.2, 0) is 6.42 Å². The van der Waals surface area contributed by atoms with Crippen LogP contribution < -0.4 is 0 Å². The number of aryl methyl sites for hydroxylation is 1. The van der Waals surface area contributed by atoms with Gasteiger partial charge in [0, 0.05) is 0 Å². The zero-order valence-corrected chi connectivity index (χ0v) is 11.3. The number of hydrogen-bond acceptors (Lipinski definition) is 1. The second-order valence-corrected chi connectivity index (χ2v) is 6.28. The fraction of sp³-hybridized carbons (Fsp3) is 0.647. The Morgan fingerprint density at radius 3 is 2.50 bits per heavy atom. The fourth-order valence-electron chi connectivity index (χ4n) is 4.10. The zero-order chi connectivity index (χ0) is 12.5. The Morgan fingerprint density at radius 1 is 1.17 bits per heavy atom. The predicted octanol–water partition coefficient (Wildman–Crippen LogP) is 4.11. The molecule has 1 aromatic carbocycles. The molecular weight excluding hydrogens is 220 g/mol. The summed E-state index contributed by atoms with van der Waals surface area (Å²) in [7, 11) is 0. The molecular formula is C17H24O. The topological polar surface area (TPSA) is 20.2 Å². The molecule has 1 N–H and O–H groups in total. The maximum absolute atomic E-state index is 10.6. The second-order valence-electron chi connectivity index (χ2n) is 6.28. The first-order chi connectivity index (χ1) is 8.78. The van der Waals surface area contributed by atoms with Gasteiger partial charge in [-0.15, -0.1) is 0 Å². The molecule has 2 fully saturated rings. The Morgan fingerprint density at radius 2 is 1.94 bits per heavy atom. The molecule has 98 valence electrons. The van der Waals surface area contributed by atoms with E-state index in [1.165, 1.54) is 37.7 Å². The van der Waals surface area contributed by atoms with Gasteiger partial charge in [-0.2, -0.15) is 0 Å². The molecule has 0 spiro atoms. The molecule has 0 aromatic heterocycles. The highest BCUT2D eigenvalue weighted by atomic mass is 16.3. The van der Waals surface area contributed by atoms with Gasteiger partial charge in [0.15, 0.2) is 0 Å². The van der Waals surface area contributed by atoms with Gasteiger partial charge in [-0.05, 0) is 54.6 Å². The van der Waals surface area contributed by atoms with Crippen molar-refractivity contribution in [3.05, 3.63) is 35.4 Å². The summed E-state index contributed by atoms with van der Waals surface area (Å²) in [5, 5.41) is 10.6. The average molecular weight is 244 g/mol. The van der Waals surface area contributed by atoms with E-state index in [9.17, 15) is 5.11 Å². The van der Waals surface area contributed by atoms with Crippen molar-refractivity contribution in [3.63, 3.8) is 0 Å². The molecule has 18 heavy (non-hydrogen) atoms. The lowest BCUT2D eigenvalue weighted by molar-refractivity contribution is 0.0745. The molecule has 0 aliphatic heterocycles. The van der Waals surface area contributed by atoms with E-state index in [1.807, 2.05) is 0 Å². The quantitative estimate of drug-likeness (QED) is 0.845. The number of aliphatic hydroxyl groups excluding tert-OH is 1. The second kappa shape index (κ2) is 5.05. The van der Waals surface area contributed by atoms with Gasteiger partial charge >= 0.3 is 0 Å². The van der Waals surface area contributed by atoms with E-state index >= 15 is 0 Å². The molecule has 0 amide bonds. The minimum absolute atomic E-state index is 0.226. The fourth-order valence-corrected chi connectivity index (χ4v) is 4.10. The molecule has 2 aliphatic rings. The highest BCUT2D eigenvalue weighted by Crippen LogP contribution is 2.52. The van der Waals surface area contributed by atoms with Gasteiger partial charge in [0.2, 0.25) is 0 Å². The van der Waals surface area contributed by atoms with Gasteiger partial charge in [-0.1, -0.05) is 44.0 Å². The maximum atomic E-state index is 10.6. The molecule has 2 aliphatic carbocycles. The Bertz CT molecular complexity index is 395. The van der Waals surface area contributed by atoms with Crippen LogP contribution in [-0.4, -0.2) is 5.11 Å². The summed E-state index contributed by atoms with van der Waals surface area (Å²) in [4.78, 5) is 0. The van der Waals surface area contributed by atoms with Crippen LogP contribution in [0.2, 0.25) is 0 Å². The Balaban J connectivity index is 1.70. The van der Waals surface area contributed by atoms with E-state index < -0.39 is 0 Å². The molecule has 1 aromatic rings. The normalized spacial score (nSPS) is 31.8. The van der Waals surface area contributed by atoms with Gasteiger partial charge in [0.1, 0.15) is 0 Å². The molecule has 3 rings (SSSR count). The molecule has 1 heteroatoms. The van der Waals surface area contributed by atoms with Crippen molar-refractivity contribution in [1.82, 2.24) is 0 Å². The molecule has 0 heterocycles. The van der Waals surface area contributed by atoms with E-state index in [4.69, 9.17) is 0 Å². The smallest absolute Gasteiger partial charge is 0.0820 e. The largest absolute Gasteiger partial charge is 0.388 e. The van der Waals surface area contributed by atoms with Crippen molar-refractivity contribution in [1.29, 1.82) is 0 Å². The third-order valence-electron chi connectivity index (χ3n) is 5.06. The van der Waals surface area contributed by atoms with Crippen LogP contribution in [0.15, 0.2) is 24.3 Å². The van der Waals surface area contributed by atoms with E-state index in [0.717, 1.165) is 23.8 Å². The first-order valence-electron chi connectivity index (χ1n) is 7.55. The lowest BCUT2D eigenvalue weighted by Crippen LogP contribution is -2.19. The molecule has 1 nitrogen and oxygen atoms in total. The maximum Gasteiger partial charge on any atom is 0.0820 e. The van der Waals surface area contributed by atoms with Crippen LogP contribution in [0.25, 0.3) is 0 Å². The van der Waals surface area contributed by atoms with E-state index in [1.54, 1.807) is 0 Å². The van der Waals surface area contributed by atoms with Crippen molar-refractivity contribution < 1.29 is 5.11 Å². The first-order valence-corrected chi connectivity index (χ1v) is 7.55. The monoisotopic (exact) mass is 244 g/mol. The molecule has 4 unspecified atom stereocenters. The molecule has 0 radical (unpaired) electrons. The Labute approximate surface area is 110 Å². The number of rotatable bonds is 4. The standard InChI is InChI=1S/C17H24O/c1-2-3-12-4-7-14(8-5-12)17(18)16-11-13-6-9-15(16)10-13/h4-5,7-8,13,15-18H,2-3,6,9-11H2,1H3. The Hall–Kier alpha value is -0.820. The lowest BCUT2D eigenvalue weighted by Gasteiger charge is -2.27. The van der Waals surface area contributed by atoms with E-state index in [0.29, 0.717) is 5.92 Å². The minimum Gasteiger partial charge on any atom is -0.388 e. The third kappa shape index (κ3) is 2.21. The highest BCUT2D eigenvalue weighted by molar-refractivity contribution is 5.25. The van der Waals surface area contributed by atoms with Crippen LogP contribution in [0, 0.1) is 17.8 Å². The molecule has 4 atom stereocenters. The molecule has 0 saturated heterocycles. The lowest BCUT2D eigenvalue weighted by atomic mass is 9.82. The summed E-state index contributed by atoms with van der Waals surface area (Å²) in [5.41, 5.74) is 2.52. The number of hydrogen-bond donors (Lipinski definition) is 1. The van der Waals surface area contributed by atoms with Crippen LogP contribution in [0.3, 0.4) is 0 Å². The molecule has 2 saturated carbocycles. The summed E-state index contributed by atoms with van der Waals surface area (Å²) in [6.07, 6.45) is 7.48. The van der Waals surface area contributed by atoms with Gasteiger partial charge in [0.25, 0.3) is 0 Å². The zero-order valence-electron chi connectivity index (χ0n) is 11.3. The summed E-state index contributed by atoms with van der Waals surface area (Å²) < 4.78 is 0. The van der Waals surface area contributed by atoms with Crippen LogP contribution in [0.1, 0.15) is 56.3 Å². The van der Waals surface area contributed by atoms with Crippen molar-refractivity contribution in [2.75, 3.05) is 0 Å². The molecule has 2 bridgehead atoms. The minimum atomic E-state index is -0.226. The van der Waals surface area contributed by atoms with Crippen LogP contribution >= 0.6 is 0 Å². The predicted molar refractivity (Wildman–Crippen MR) is 74.3 cm³/mol. The summed E-state index contributed by atoms with van der Waals surface area (Å²) in [6.45, 7) is 2.21. The highest BCUT2D eigenvalue weighted by Gasteiger charge is 2.42. The van der Waals surface area contributed by atoms with Gasteiger partial charge in [-0.25, -0.2) is 0 Å². The van der Waals surface area contributed by atoms with Crippen LogP contribution in [0.5, 0.6) is 0 Å². The third-order valence-corrected chi connectivity index (χ3v) is 5.06. The SMILES string of the molecule is CCCc1ccc(C(O)C2CC3CCC2C3)cc1. The number of aliphatic hydroxyl groups is 1. The Kier molecular flexibility index (Phi) is 3.43. The first kappa shape index (κ1) is 12.2. The van der Waals surface area contributed by atoms with Crippen LogP contribution in [0.4, 0.5) is 0 Å². The van der Waals surface area contributed by atoms with Gasteiger partial charge < -0.3 is 5.11 Å². The van der Waals surface area contributed by atoms with E-state index in [-0.39, 0.29) is 6.10 Å². The van der Waals surface area contributed by atoms with Gasteiger partial charge in [-0.3, -0.25) is 0 Å². The summed E-state index contributed by atoms with van der Waals surface area (Å²) in [5.74, 6) is 2.23. The van der Waals surface area contributed by atoms with E-state index in [2.05, 4.69) is 31.2 Å². The van der Waals surface area contributed by atoms with Crippen molar-refractivity contribution in [3.8, 4) is 0 Å². The van der Waals surface area contributed by atoms with Crippen molar-refractivity contribution in [2.24, 2.45) is 17.8 Å². The average Bonchev–Trinajstić information content (AvgIpc) is 3.01. The summed E-state index contributed by atoms with van der Waals surface area (Å²) >= 11 is 0. The van der Waals surface area contributed by atoms with Crippen molar-refractivity contribution >= 4 is 0 Å². The van der Waals surface area contributed by atoms with Crippen molar-refractivity contribution in [2.45, 2.75) is 51.6 Å². The summed E-state index contributed by atoms with van der Waals surface area (Å²) in [6, 6.07) is 8.66.